The second-order valence-corrected chi connectivity index (χ2v) is 8.19. The molecule has 28 heavy (non-hydrogen) atoms. The molecule has 1 aliphatic rings. The van der Waals surface area contributed by atoms with Gasteiger partial charge in [0.15, 0.2) is 10.8 Å². The molecule has 3 aromatic rings. The van der Waals surface area contributed by atoms with Gasteiger partial charge >= 0.3 is 6.03 Å². The smallest absolute Gasteiger partial charge is 0.321 e. The van der Waals surface area contributed by atoms with E-state index >= 15 is 0 Å². The summed E-state index contributed by atoms with van der Waals surface area (Å²) in [5.41, 5.74) is 2.68. The molecule has 1 atom stereocenters. The number of benzene rings is 1. The minimum absolute atomic E-state index is 0.195. The van der Waals surface area contributed by atoms with Crippen LogP contribution in [0.1, 0.15) is 25.3 Å². The maximum Gasteiger partial charge on any atom is 0.321 e. The standard InChI is InChI=1S/C19H21N5O3S/c1-10-8-16-22-23-19(24(16)15-9-13(27-3)6-7-14(10)15)28-11(2)17(25)21-18(26)20-12-4-5-12/h6-9,11-12H,4-5H2,1-3H3,(H2,20,21,25,26). The first-order valence-electron chi connectivity index (χ1n) is 9.07. The number of pyridine rings is 1. The van der Waals surface area contributed by atoms with Crippen LogP contribution in [0.2, 0.25) is 0 Å². The van der Waals surface area contributed by atoms with E-state index in [1.807, 2.05) is 35.6 Å². The van der Waals surface area contributed by atoms with Crippen molar-refractivity contribution >= 4 is 40.3 Å². The molecule has 9 heteroatoms. The number of carbonyl (C=O) groups excluding carboxylic acids is 2. The number of hydrogen-bond acceptors (Lipinski definition) is 6. The van der Waals surface area contributed by atoms with Gasteiger partial charge in [-0.05, 0) is 50.5 Å². The zero-order valence-electron chi connectivity index (χ0n) is 15.9. The van der Waals surface area contributed by atoms with E-state index in [9.17, 15) is 9.59 Å². The van der Waals surface area contributed by atoms with Crippen LogP contribution >= 0.6 is 11.8 Å². The molecule has 8 nitrogen and oxygen atoms in total. The fourth-order valence-electron chi connectivity index (χ4n) is 2.98. The number of fused-ring (bicyclic) bond motifs is 3. The average Bonchev–Trinajstić information content (AvgIpc) is 3.40. The van der Waals surface area contributed by atoms with Crippen molar-refractivity contribution < 1.29 is 14.3 Å². The van der Waals surface area contributed by atoms with Gasteiger partial charge in [0.05, 0.1) is 17.9 Å². The molecular formula is C19H21N5O3S. The topological polar surface area (TPSA) is 97.6 Å². The molecule has 2 heterocycles. The lowest BCUT2D eigenvalue weighted by molar-refractivity contribution is -0.119. The molecule has 1 saturated carbocycles. The van der Waals surface area contributed by atoms with E-state index in [-0.39, 0.29) is 11.9 Å². The van der Waals surface area contributed by atoms with Crippen molar-refractivity contribution in [2.24, 2.45) is 0 Å². The quantitative estimate of drug-likeness (QED) is 0.640. The Kier molecular flexibility index (Phi) is 4.84. The number of hydrogen-bond donors (Lipinski definition) is 2. The van der Waals surface area contributed by atoms with E-state index < -0.39 is 11.3 Å². The van der Waals surface area contributed by atoms with Crippen LogP contribution < -0.4 is 15.4 Å². The molecule has 0 saturated heterocycles. The summed E-state index contributed by atoms with van der Waals surface area (Å²) >= 11 is 1.25. The van der Waals surface area contributed by atoms with Gasteiger partial charge in [-0.25, -0.2) is 4.79 Å². The van der Waals surface area contributed by atoms with Gasteiger partial charge in [0.2, 0.25) is 5.91 Å². The van der Waals surface area contributed by atoms with E-state index in [1.54, 1.807) is 14.0 Å². The molecule has 0 bridgehead atoms. The van der Waals surface area contributed by atoms with Crippen LogP contribution in [0.4, 0.5) is 4.79 Å². The Balaban J connectivity index is 1.62. The second kappa shape index (κ2) is 7.31. The molecule has 146 valence electrons. The number of ether oxygens (including phenoxy) is 1. The molecule has 0 aliphatic heterocycles. The third kappa shape index (κ3) is 3.62. The zero-order valence-corrected chi connectivity index (χ0v) is 16.7. The predicted molar refractivity (Wildman–Crippen MR) is 107 cm³/mol. The Hall–Kier alpha value is -2.81. The van der Waals surface area contributed by atoms with E-state index in [1.165, 1.54) is 11.8 Å². The molecule has 2 aromatic heterocycles. The second-order valence-electron chi connectivity index (χ2n) is 6.88. The number of urea groups is 1. The van der Waals surface area contributed by atoms with Crippen LogP contribution in [0, 0.1) is 6.92 Å². The molecule has 0 spiro atoms. The Morgan fingerprint density at radius 3 is 2.79 bits per heavy atom. The number of rotatable bonds is 5. The molecule has 1 unspecified atom stereocenters. The van der Waals surface area contributed by atoms with E-state index in [0.29, 0.717) is 10.8 Å². The highest BCUT2D eigenvalue weighted by atomic mass is 32.2. The monoisotopic (exact) mass is 399 g/mol. The van der Waals surface area contributed by atoms with E-state index in [4.69, 9.17) is 4.74 Å². The van der Waals surface area contributed by atoms with Crippen molar-refractivity contribution in [3.05, 3.63) is 29.8 Å². The number of aromatic nitrogens is 3. The largest absolute Gasteiger partial charge is 0.497 e. The normalized spacial score (nSPS) is 14.8. The van der Waals surface area contributed by atoms with Gasteiger partial charge in [-0.2, -0.15) is 0 Å². The first-order valence-corrected chi connectivity index (χ1v) is 9.94. The fraction of sp³-hybridized carbons (Fsp3) is 0.368. The van der Waals surface area contributed by atoms with Gasteiger partial charge in [-0.15, -0.1) is 10.2 Å². The van der Waals surface area contributed by atoms with Crippen LogP contribution in [0.5, 0.6) is 5.75 Å². The Bertz CT molecular complexity index is 1080. The molecule has 3 amide bonds. The lowest BCUT2D eigenvalue weighted by atomic mass is 10.1. The van der Waals surface area contributed by atoms with Crippen molar-refractivity contribution in [3.8, 4) is 5.75 Å². The third-order valence-electron chi connectivity index (χ3n) is 4.68. The summed E-state index contributed by atoms with van der Waals surface area (Å²) in [6.45, 7) is 3.76. The summed E-state index contributed by atoms with van der Waals surface area (Å²) in [5.74, 6) is 0.362. The van der Waals surface area contributed by atoms with Gasteiger partial charge in [0.1, 0.15) is 5.75 Å². The van der Waals surface area contributed by atoms with Crippen LogP contribution in [-0.2, 0) is 4.79 Å². The van der Waals surface area contributed by atoms with Crippen LogP contribution in [0.25, 0.3) is 16.6 Å². The summed E-state index contributed by atoms with van der Waals surface area (Å²) < 4.78 is 7.26. The third-order valence-corrected chi connectivity index (χ3v) is 5.72. The minimum Gasteiger partial charge on any atom is -0.497 e. The van der Waals surface area contributed by atoms with Gasteiger partial charge in [-0.3, -0.25) is 14.5 Å². The van der Waals surface area contributed by atoms with Gasteiger partial charge in [-0.1, -0.05) is 11.8 Å². The summed E-state index contributed by atoms with van der Waals surface area (Å²) in [6.07, 6.45) is 1.93. The number of nitrogens with one attached hydrogen (secondary N) is 2. The van der Waals surface area contributed by atoms with Gasteiger partial charge in [0.25, 0.3) is 0 Å². The molecule has 1 fully saturated rings. The van der Waals surface area contributed by atoms with Crippen molar-refractivity contribution in [2.75, 3.05) is 7.11 Å². The number of methoxy groups -OCH3 is 1. The lowest BCUT2D eigenvalue weighted by Crippen LogP contribution is -2.43. The van der Waals surface area contributed by atoms with Crippen molar-refractivity contribution in [2.45, 2.75) is 43.1 Å². The minimum atomic E-state index is -0.515. The van der Waals surface area contributed by atoms with E-state index in [2.05, 4.69) is 20.8 Å². The fourth-order valence-corrected chi connectivity index (χ4v) is 3.85. The van der Waals surface area contributed by atoms with Crippen LogP contribution in [0.15, 0.2) is 29.4 Å². The number of thioether (sulfide) groups is 1. The number of amides is 3. The number of imide groups is 1. The Morgan fingerprint density at radius 2 is 2.07 bits per heavy atom. The highest BCUT2D eigenvalue weighted by Gasteiger charge is 2.26. The summed E-state index contributed by atoms with van der Waals surface area (Å²) in [5, 5.41) is 14.8. The van der Waals surface area contributed by atoms with E-state index in [0.717, 1.165) is 35.1 Å². The lowest BCUT2D eigenvalue weighted by Gasteiger charge is -2.12. The average molecular weight is 399 g/mol. The molecule has 2 N–H and O–H groups in total. The maximum absolute atomic E-state index is 12.4. The molecule has 1 aromatic carbocycles. The highest BCUT2D eigenvalue weighted by Crippen LogP contribution is 2.30. The molecule has 1 aliphatic carbocycles. The summed E-state index contributed by atoms with van der Waals surface area (Å²) in [7, 11) is 1.62. The summed E-state index contributed by atoms with van der Waals surface area (Å²) in [6, 6.07) is 7.54. The molecule has 4 rings (SSSR count). The Morgan fingerprint density at radius 1 is 1.29 bits per heavy atom. The zero-order chi connectivity index (χ0) is 19.8. The predicted octanol–water partition coefficient (Wildman–Crippen LogP) is 2.67. The highest BCUT2D eigenvalue weighted by molar-refractivity contribution is 8.00. The van der Waals surface area contributed by atoms with Gasteiger partial charge < -0.3 is 10.1 Å². The van der Waals surface area contributed by atoms with Crippen LogP contribution in [-0.4, -0.2) is 44.9 Å². The number of nitrogens with zero attached hydrogens (tertiary/aromatic N) is 3. The van der Waals surface area contributed by atoms with Crippen LogP contribution in [0.3, 0.4) is 0 Å². The van der Waals surface area contributed by atoms with Gasteiger partial charge in [0, 0.05) is 17.5 Å². The maximum atomic E-state index is 12.4. The first-order chi connectivity index (χ1) is 13.5. The number of carbonyl (C=O) groups is 2. The SMILES string of the molecule is COc1ccc2c(C)cc3nnc(SC(C)C(=O)NC(=O)NC4CC4)n3c2c1. The first kappa shape index (κ1) is 18.5. The van der Waals surface area contributed by atoms with Crippen molar-refractivity contribution in [1.29, 1.82) is 0 Å². The Labute approximate surface area is 166 Å². The van der Waals surface area contributed by atoms with Crippen molar-refractivity contribution in [1.82, 2.24) is 25.2 Å². The number of aryl methyl sites for hydroxylation is 1. The molecule has 0 radical (unpaired) electrons. The summed E-state index contributed by atoms with van der Waals surface area (Å²) in [4.78, 5) is 24.2. The van der Waals surface area contributed by atoms with Crippen molar-refractivity contribution in [3.63, 3.8) is 0 Å². The molecular weight excluding hydrogens is 378 g/mol.